The minimum Gasteiger partial charge on any atom is -0.365 e. The lowest BCUT2D eigenvalue weighted by molar-refractivity contribution is 0.447. The van der Waals surface area contributed by atoms with Gasteiger partial charge in [-0.3, -0.25) is 0 Å². The summed E-state index contributed by atoms with van der Waals surface area (Å²) >= 11 is 6.25. The van der Waals surface area contributed by atoms with Crippen LogP contribution in [0.25, 0.3) is 0 Å². The first-order valence-electron chi connectivity index (χ1n) is 6.68. The van der Waals surface area contributed by atoms with E-state index in [1.165, 1.54) is 11.3 Å². The zero-order valence-electron chi connectivity index (χ0n) is 11.8. The zero-order chi connectivity index (χ0) is 13.3. The van der Waals surface area contributed by atoms with E-state index in [0.717, 1.165) is 24.5 Å². The van der Waals surface area contributed by atoms with E-state index in [2.05, 4.69) is 44.0 Å². The van der Waals surface area contributed by atoms with Crippen molar-refractivity contribution >= 4 is 17.3 Å². The maximum Gasteiger partial charge on any atom is 0.0470 e. The first-order chi connectivity index (χ1) is 8.42. The second-order valence-corrected chi connectivity index (χ2v) is 6.33. The van der Waals surface area contributed by atoms with Crippen LogP contribution in [0, 0.1) is 6.92 Å². The Hall–Kier alpha value is -0.730. The van der Waals surface area contributed by atoms with Crippen LogP contribution in [0.2, 0.25) is 5.02 Å². The van der Waals surface area contributed by atoms with Crippen molar-refractivity contribution in [2.45, 2.75) is 45.7 Å². The van der Waals surface area contributed by atoms with Gasteiger partial charge in [-0.2, -0.15) is 0 Å². The fourth-order valence-corrected chi connectivity index (χ4v) is 2.75. The van der Waals surface area contributed by atoms with E-state index in [1.54, 1.807) is 0 Å². The van der Waals surface area contributed by atoms with Crippen LogP contribution < -0.4 is 10.2 Å². The smallest absolute Gasteiger partial charge is 0.0470 e. The van der Waals surface area contributed by atoms with Crippen LogP contribution in [0.15, 0.2) is 18.2 Å². The molecule has 1 N–H and O–H groups in total. The molecule has 1 fully saturated rings. The fourth-order valence-electron chi connectivity index (χ4n) is 2.58. The Bertz CT molecular complexity index is 429. The van der Waals surface area contributed by atoms with Gasteiger partial charge in [-0.1, -0.05) is 17.7 Å². The lowest BCUT2D eigenvalue weighted by Crippen LogP contribution is -2.49. The number of hydrogen-bond donors (Lipinski definition) is 1. The van der Waals surface area contributed by atoms with Gasteiger partial charge in [-0.05, 0) is 51.8 Å². The third kappa shape index (κ3) is 2.65. The predicted octanol–water partition coefficient (Wildman–Crippen LogP) is 3.62. The molecular formula is C15H23ClN2. The molecule has 1 aromatic rings. The molecule has 0 radical (unpaired) electrons. The van der Waals surface area contributed by atoms with E-state index < -0.39 is 0 Å². The number of halogens is 1. The second-order valence-electron chi connectivity index (χ2n) is 5.92. The molecule has 0 aliphatic carbocycles. The monoisotopic (exact) mass is 266 g/mol. The van der Waals surface area contributed by atoms with E-state index in [4.69, 9.17) is 11.6 Å². The molecule has 0 bridgehead atoms. The highest BCUT2D eigenvalue weighted by Gasteiger charge is 2.31. The molecule has 2 nitrogen and oxygen atoms in total. The summed E-state index contributed by atoms with van der Waals surface area (Å²) in [6, 6.07) is 6.77. The highest BCUT2D eigenvalue weighted by Crippen LogP contribution is 2.32. The molecule has 1 saturated heterocycles. The summed E-state index contributed by atoms with van der Waals surface area (Å²) in [6.07, 6.45) is 1.16. The summed E-state index contributed by atoms with van der Waals surface area (Å²) in [7, 11) is 0. The van der Waals surface area contributed by atoms with Gasteiger partial charge in [0.15, 0.2) is 0 Å². The third-order valence-electron chi connectivity index (χ3n) is 3.93. The number of hydrogen-bond acceptors (Lipinski definition) is 2. The first-order valence-corrected chi connectivity index (χ1v) is 7.06. The summed E-state index contributed by atoms with van der Waals surface area (Å²) in [5, 5.41) is 4.45. The molecule has 1 heterocycles. The Kier molecular flexibility index (Phi) is 3.88. The van der Waals surface area contributed by atoms with E-state index in [0.29, 0.717) is 6.04 Å². The number of anilines is 1. The molecule has 0 spiro atoms. The number of benzene rings is 1. The van der Waals surface area contributed by atoms with Crippen molar-refractivity contribution in [1.29, 1.82) is 0 Å². The summed E-state index contributed by atoms with van der Waals surface area (Å²) in [5.74, 6) is 0. The van der Waals surface area contributed by atoms with E-state index in [9.17, 15) is 0 Å². The highest BCUT2D eigenvalue weighted by atomic mass is 35.5. The SMILES string of the molecule is Cc1c(Cl)cccc1N1CCC(C)NCC1(C)C. The largest absolute Gasteiger partial charge is 0.365 e. The molecule has 1 aromatic carbocycles. The first kappa shape index (κ1) is 13.7. The molecular weight excluding hydrogens is 244 g/mol. The number of rotatable bonds is 1. The summed E-state index contributed by atoms with van der Waals surface area (Å²) in [5.41, 5.74) is 2.56. The van der Waals surface area contributed by atoms with E-state index >= 15 is 0 Å². The highest BCUT2D eigenvalue weighted by molar-refractivity contribution is 6.31. The van der Waals surface area contributed by atoms with Gasteiger partial charge in [-0.25, -0.2) is 0 Å². The standard InChI is InChI=1S/C15H23ClN2/c1-11-8-9-18(15(3,4)10-17-11)14-7-5-6-13(16)12(14)2/h5-7,11,17H,8-10H2,1-4H3. The van der Waals surface area contributed by atoms with Gasteiger partial charge in [0.05, 0.1) is 0 Å². The van der Waals surface area contributed by atoms with Crippen molar-refractivity contribution in [2.24, 2.45) is 0 Å². The molecule has 3 heteroatoms. The Morgan fingerprint density at radius 3 is 2.83 bits per heavy atom. The van der Waals surface area contributed by atoms with Crippen LogP contribution in [-0.2, 0) is 0 Å². The van der Waals surface area contributed by atoms with Gasteiger partial charge in [0.25, 0.3) is 0 Å². The fraction of sp³-hybridized carbons (Fsp3) is 0.600. The maximum atomic E-state index is 6.25. The van der Waals surface area contributed by atoms with Gasteiger partial charge in [0.2, 0.25) is 0 Å². The minimum atomic E-state index is 0.111. The van der Waals surface area contributed by atoms with Crippen molar-refractivity contribution in [3.05, 3.63) is 28.8 Å². The molecule has 0 aromatic heterocycles. The number of nitrogens with one attached hydrogen (secondary N) is 1. The molecule has 18 heavy (non-hydrogen) atoms. The molecule has 1 unspecified atom stereocenters. The third-order valence-corrected chi connectivity index (χ3v) is 4.34. The molecule has 100 valence electrons. The van der Waals surface area contributed by atoms with Crippen LogP contribution in [0.1, 0.15) is 32.8 Å². The van der Waals surface area contributed by atoms with E-state index in [1.807, 2.05) is 12.1 Å². The molecule has 0 saturated carbocycles. The van der Waals surface area contributed by atoms with Crippen molar-refractivity contribution < 1.29 is 0 Å². The Morgan fingerprint density at radius 1 is 1.39 bits per heavy atom. The summed E-state index contributed by atoms with van der Waals surface area (Å²) in [6.45, 7) is 11.0. The van der Waals surface area contributed by atoms with Crippen molar-refractivity contribution in [1.82, 2.24) is 5.32 Å². The van der Waals surface area contributed by atoms with Crippen LogP contribution in [0.5, 0.6) is 0 Å². The van der Waals surface area contributed by atoms with Crippen LogP contribution in [0.4, 0.5) is 5.69 Å². The van der Waals surface area contributed by atoms with Crippen LogP contribution >= 0.6 is 11.6 Å². The second kappa shape index (κ2) is 5.10. The molecule has 1 atom stereocenters. The van der Waals surface area contributed by atoms with Gasteiger partial charge in [0, 0.05) is 35.4 Å². The Morgan fingerprint density at radius 2 is 2.11 bits per heavy atom. The van der Waals surface area contributed by atoms with Crippen molar-refractivity contribution in [3.63, 3.8) is 0 Å². The van der Waals surface area contributed by atoms with Gasteiger partial charge < -0.3 is 10.2 Å². The Labute approximate surface area is 115 Å². The van der Waals surface area contributed by atoms with Crippen molar-refractivity contribution in [2.75, 3.05) is 18.0 Å². The average molecular weight is 267 g/mol. The van der Waals surface area contributed by atoms with Crippen LogP contribution in [-0.4, -0.2) is 24.7 Å². The zero-order valence-corrected chi connectivity index (χ0v) is 12.5. The molecule has 1 aliphatic heterocycles. The van der Waals surface area contributed by atoms with Crippen LogP contribution in [0.3, 0.4) is 0 Å². The maximum absolute atomic E-state index is 6.25. The quantitative estimate of drug-likeness (QED) is 0.835. The normalized spacial score (nSPS) is 23.8. The van der Waals surface area contributed by atoms with Gasteiger partial charge in [0.1, 0.15) is 0 Å². The average Bonchev–Trinajstić information content (AvgIpc) is 2.44. The van der Waals surface area contributed by atoms with Crippen molar-refractivity contribution in [3.8, 4) is 0 Å². The molecule has 1 aliphatic rings. The Balaban J connectivity index is 2.37. The number of nitrogens with zero attached hydrogens (tertiary/aromatic N) is 1. The summed E-state index contributed by atoms with van der Waals surface area (Å²) < 4.78 is 0. The summed E-state index contributed by atoms with van der Waals surface area (Å²) in [4.78, 5) is 2.49. The minimum absolute atomic E-state index is 0.111. The molecule has 0 amide bonds. The predicted molar refractivity (Wildman–Crippen MR) is 79.7 cm³/mol. The van der Waals surface area contributed by atoms with Gasteiger partial charge in [-0.15, -0.1) is 0 Å². The lowest BCUT2D eigenvalue weighted by Gasteiger charge is -2.40. The topological polar surface area (TPSA) is 15.3 Å². The van der Waals surface area contributed by atoms with E-state index in [-0.39, 0.29) is 5.54 Å². The molecule has 2 rings (SSSR count). The van der Waals surface area contributed by atoms with Gasteiger partial charge >= 0.3 is 0 Å². The lowest BCUT2D eigenvalue weighted by atomic mass is 10.0.